The van der Waals surface area contributed by atoms with Gasteiger partial charge in [-0.05, 0) is 51.4 Å². The van der Waals surface area contributed by atoms with Crippen LogP contribution in [0.15, 0.2) is 30.9 Å². The van der Waals surface area contributed by atoms with Crippen LogP contribution in [0.1, 0.15) is 35.7 Å². The quantitative estimate of drug-likeness (QED) is 0.269. The number of aromatic nitrogens is 6. The number of hydrogen-bond acceptors (Lipinski definition) is 9. The van der Waals surface area contributed by atoms with E-state index in [1.165, 1.54) is 0 Å². The van der Waals surface area contributed by atoms with Crippen LogP contribution < -0.4 is 15.4 Å². The van der Waals surface area contributed by atoms with Crippen molar-refractivity contribution >= 4 is 34.5 Å². The molecule has 0 bridgehead atoms. The second-order valence-corrected chi connectivity index (χ2v) is 9.77. The van der Waals surface area contributed by atoms with Crippen LogP contribution >= 0.6 is 11.6 Å². The molecule has 0 fully saturated rings. The van der Waals surface area contributed by atoms with Crippen LogP contribution in [0, 0.1) is 13.8 Å². The smallest absolute Gasteiger partial charge is 0.225 e. The molecule has 0 saturated heterocycles. The van der Waals surface area contributed by atoms with Gasteiger partial charge in [0.25, 0.3) is 0 Å². The van der Waals surface area contributed by atoms with Crippen molar-refractivity contribution in [2.45, 2.75) is 40.2 Å². The molecular formula is C27H36ClN9O. The zero-order valence-corrected chi connectivity index (χ0v) is 23.5. The molecule has 0 aromatic carbocycles. The molecule has 202 valence electrons. The number of halogens is 1. The Bertz CT molecular complexity index is 1380. The third kappa shape index (κ3) is 6.14. The van der Waals surface area contributed by atoms with E-state index in [0.717, 1.165) is 84.1 Å². The molecule has 0 aliphatic rings. The summed E-state index contributed by atoms with van der Waals surface area (Å²) < 4.78 is 7.66. The Morgan fingerprint density at radius 2 is 1.84 bits per heavy atom. The first kappa shape index (κ1) is 27.5. The Morgan fingerprint density at radius 3 is 2.55 bits per heavy atom. The van der Waals surface area contributed by atoms with Gasteiger partial charge < -0.3 is 24.8 Å². The predicted molar refractivity (Wildman–Crippen MR) is 152 cm³/mol. The fraction of sp³-hybridized carbons (Fsp3) is 0.444. The number of nitrogens with zero attached hydrogens (tertiary/aromatic N) is 8. The molecule has 4 rings (SSSR count). The number of likely N-dealkylation sites (N-methyl/N-ethyl adjacent to an activating group) is 2. The van der Waals surface area contributed by atoms with Crippen LogP contribution in [0.3, 0.4) is 0 Å². The molecule has 0 aliphatic heterocycles. The molecule has 38 heavy (non-hydrogen) atoms. The third-order valence-electron chi connectivity index (χ3n) is 6.85. The number of nitrogen functional groups attached to an aromatic ring is 1. The van der Waals surface area contributed by atoms with Crippen LogP contribution in [0.25, 0.3) is 11.0 Å². The van der Waals surface area contributed by atoms with Crippen LogP contribution in [0.4, 0.5) is 11.9 Å². The normalized spacial score (nSPS) is 11.4. The highest BCUT2D eigenvalue weighted by Gasteiger charge is 2.18. The summed E-state index contributed by atoms with van der Waals surface area (Å²) in [5.74, 6) is 1.74. The lowest BCUT2D eigenvalue weighted by atomic mass is 10.1. The highest BCUT2D eigenvalue weighted by atomic mass is 35.5. The molecule has 0 amide bonds. The van der Waals surface area contributed by atoms with Gasteiger partial charge in [0.15, 0.2) is 0 Å². The van der Waals surface area contributed by atoms with E-state index in [-0.39, 0.29) is 5.95 Å². The van der Waals surface area contributed by atoms with Gasteiger partial charge in [-0.3, -0.25) is 4.98 Å². The molecule has 0 spiro atoms. The number of rotatable bonds is 12. The second-order valence-electron chi connectivity index (χ2n) is 9.41. The van der Waals surface area contributed by atoms with Crippen LogP contribution in [-0.4, -0.2) is 74.7 Å². The molecule has 0 unspecified atom stereocenters. The number of hydrogen-bond donors (Lipinski definition) is 1. The van der Waals surface area contributed by atoms with Gasteiger partial charge in [0, 0.05) is 56.1 Å². The Balaban J connectivity index is 1.48. The topological polar surface area (TPSA) is 111 Å². The van der Waals surface area contributed by atoms with Gasteiger partial charge in [0.05, 0.1) is 24.7 Å². The second kappa shape index (κ2) is 12.4. The summed E-state index contributed by atoms with van der Waals surface area (Å²) in [7, 11) is 3.70. The van der Waals surface area contributed by atoms with Gasteiger partial charge in [-0.2, -0.15) is 4.98 Å². The Kier molecular flexibility index (Phi) is 8.96. The van der Waals surface area contributed by atoms with Gasteiger partial charge in [-0.1, -0.05) is 18.5 Å². The number of anilines is 2. The van der Waals surface area contributed by atoms with Crippen molar-refractivity contribution in [1.82, 2.24) is 34.4 Å². The maximum Gasteiger partial charge on any atom is 0.225 e. The molecule has 2 N–H and O–H groups in total. The maximum absolute atomic E-state index is 6.59. The van der Waals surface area contributed by atoms with Crippen molar-refractivity contribution in [3.05, 3.63) is 58.4 Å². The van der Waals surface area contributed by atoms with E-state index >= 15 is 0 Å². The van der Waals surface area contributed by atoms with Crippen LogP contribution in [-0.2, 0) is 13.0 Å². The highest BCUT2D eigenvalue weighted by molar-refractivity contribution is 6.34. The van der Waals surface area contributed by atoms with Crippen molar-refractivity contribution in [2.24, 2.45) is 0 Å². The number of ether oxygens (including phenoxy) is 1. The zero-order valence-electron chi connectivity index (χ0n) is 22.8. The van der Waals surface area contributed by atoms with Crippen molar-refractivity contribution in [1.29, 1.82) is 0 Å². The Hall–Kier alpha value is -3.50. The first-order valence-electron chi connectivity index (χ1n) is 12.8. The lowest BCUT2D eigenvalue weighted by Gasteiger charge is -2.24. The largest absolute Gasteiger partial charge is 0.496 e. The van der Waals surface area contributed by atoms with Crippen LogP contribution in [0.5, 0.6) is 5.75 Å². The predicted octanol–water partition coefficient (Wildman–Crippen LogP) is 3.92. The molecule has 4 aromatic rings. The fourth-order valence-corrected chi connectivity index (χ4v) is 5.03. The Morgan fingerprint density at radius 1 is 1.08 bits per heavy atom. The molecule has 10 nitrogen and oxygen atoms in total. The number of pyridine rings is 1. The van der Waals surface area contributed by atoms with E-state index in [0.29, 0.717) is 11.7 Å². The van der Waals surface area contributed by atoms with Gasteiger partial charge in [-0.15, -0.1) is 0 Å². The zero-order chi connectivity index (χ0) is 27.2. The first-order chi connectivity index (χ1) is 18.3. The van der Waals surface area contributed by atoms with Gasteiger partial charge >= 0.3 is 0 Å². The molecular weight excluding hydrogens is 502 g/mol. The van der Waals surface area contributed by atoms with E-state index in [2.05, 4.69) is 52.4 Å². The van der Waals surface area contributed by atoms with Crippen molar-refractivity contribution in [3.8, 4) is 5.75 Å². The summed E-state index contributed by atoms with van der Waals surface area (Å²) in [4.78, 5) is 26.6. The van der Waals surface area contributed by atoms with Crippen molar-refractivity contribution < 1.29 is 4.74 Å². The number of nitrogens with two attached hydrogens (primary N) is 1. The third-order valence-corrected chi connectivity index (χ3v) is 7.12. The minimum absolute atomic E-state index is 0.156. The molecule has 0 atom stereocenters. The van der Waals surface area contributed by atoms with E-state index in [1.54, 1.807) is 19.5 Å². The highest BCUT2D eigenvalue weighted by Crippen LogP contribution is 2.30. The molecule has 0 saturated carbocycles. The summed E-state index contributed by atoms with van der Waals surface area (Å²) >= 11 is 6.59. The first-order valence-corrected chi connectivity index (χ1v) is 13.2. The maximum atomic E-state index is 6.59. The van der Waals surface area contributed by atoms with E-state index in [1.807, 2.05) is 33.2 Å². The number of fused-ring (bicyclic) bond motifs is 1. The SMILES string of the molecule is CCN(CCCc1cn(Cc2ncc(C)c(OC)c2C)c2nc(N)nc(Cl)c12)CCN(C)c1ncccn1. The fourth-order valence-electron chi connectivity index (χ4n) is 4.74. The Labute approximate surface area is 228 Å². The molecule has 4 aromatic heterocycles. The van der Waals surface area contributed by atoms with Gasteiger partial charge in [0.1, 0.15) is 16.5 Å². The average Bonchev–Trinajstić information content (AvgIpc) is 3.25. The van der Waals surface area contributed by atoms with E-state index in [9.17, 15) is 0 Å². The summed E-state index contributed by atoms with van der Waals surface area (Å²) in [5, 5.41) is 1.23. The summed E-state index contributed by atoms with van der Waals surface area (Å²) in [6, 6.07) is 1.83. The number of aryl methyl sites for hydroxylation is 2. The van der Waals surface area contributed by atoms with E-state index in [4.69, 9.17) is 22.1 Å². The molecule has 11 heteroatoms. The van der Waals surface area contributed by atoms with Crippen molar-refractivity contribution in [2.75, 3.05) is 51.0 Å². The van der Waals surface area contributed by atoms with Crippen molar-refractivity contribution in [3.63, 3.8) is 0 Å². The van der Waals surface area contributed by atoms with Crippen LogP contribution in [0.2, 0.25) is 5.15 Å². The number of methoxy groups -OCH3 is 1. The lowest BCUT2D eigenvalue weighted by molar-refractivity contribution is 0.291. The lowest BCUT2D eigenvalue weighted by Crippen LogP contribution is -2.34. The summed E-state index contributed by atoms with van der Waals surface area (Å²) in [6.07, 6.45) is 9.28. The monoisotopic (exact) mass is 537 g/mol. The standard InChI is InChI=1S/C27H36ClN9O/c1-6-36(14-13-35(4)27-30-10-8-11-31-27)12-7-9-20-16-37(25-22(20)24(28)33-26(29)34-25)17-21-19(3)23(38-5)18(2)15-32-21/h8,10-11,15-16H,6-7,9,12-14,17H2,1-5H3,(H2,29,33,34). The molecule has 0 aliphatic carbocycles. The molecule has 4 heterocycles. The van der Waals surface area contributed by atoms with E-state index < -0.39 is 0 Å². The molecule has 0 radical (unpaired) electrons. The minimum atomic E-state index is 0.156. The van der Waals surface area contributed by atoms with Gasteiger partial charge in [0.2, 0.25) is 11.9 Å². The summed E-state index contributed by atoms with van der Waals surface area (Å²) in [5.41, 5.74) is 10.7. The minimum Gasteiger partial charge on any atom is -0.496 e. The van der Waals surface area contributed by atoms with Gasteiger partial charge in [-0.25, -0.2) is 15.0 Å². The average molecular weight is 538 g/mol. The summed E-state index contributed by atoms with van der Waals surface area (Å²) in [6.45, 7) is 10.4.